The van der Waals surface area contributed by atoms with Gasteiger partial charge in [0.15, 0.2) is 5.25 Å². The smallest absolute Gasteiger partial charge is 0.211 e. The number of rotatable bonds is 5. The molecule has 4 nitrogen and oxygen atoms in total. The molecular formula is C11H17F3N2O2S. The molecule has 0 aromatic carbocycles. The minimum Gasteiger partial charge on any atom is -0.211 e. The lowest BCUT2D eigenvalue weighted by Gasteiger charge is -2.27. The number of halogens is 3. The van der Waals surface area contributed by atoms with Crippen LogP contribution in [0.15, 0.2) is 0 Å². The Morgan fingerprint density at radius 2 is 1.89 bits per heavy atom. The van der Waals surface area contributed by atoms with Crippen molar-refractivity contribution in [3.63, 3.8) is 0 Å². The van der Waals surface area contributed by atoms with Crippen LogP contribution >= 0.6 is 0 Å². The largest absolute Gasteiger partial charge is 0.405 e. The zero-order chi connectivity index (χ0) is 14.7. The molecule has 110 valence electrons. The van der Waals surface area contributed by atoms with Crippen LogP contribution < -0.4 is 4.72 Å². The second-order valence-electron chi connectivity index (χ2n) is 4.75. The Labute approximate surface area is 111 Å². The summed E-state index contributed by atoms with van der Waals surface area (Å²) in [5, 5.41) is 7.25. The van der Waals surface area contributed by atoms with E-state index >= 15 is 0 Å². The van der Waals surface area contributed by atoms with Crippen molar-refractivity contribution in [2.45, 2.75) is 56.5 Å². The minimum absolute atomic E-state index is 0.0406. The average molecular weight is 298 g/mol. The molecule has 1 saturated carbocycles. The summed E-state index contributed by atoms with van der Waals surface area (Å²) in [6.07, 6.45) is -2.61. The van der Waals surface area contributed by atoms with Gasteiger partial charge in [-0.15, -0.1) is 0 Å². The highest BCUT2D eigenvalue weighted by Gasteiger charge is 2.48. The summed E-state index contributed by atoms with van der Waals surface area (Å²) in [5.41, 5.74) is 0. The first-order chi connectivity index (χ1) is 8.72. The van der Waals surface area contributed by atoms with Crippen LogP contribution in [0.4, 0.5) is 13.2 Å². The molecule has 0 aliphatic heterocycles. The number of hydrogen-bond acceptors (Lipinski definition) is 3. The van der Waals surface area contributed by atoms with Crippen molar-refractivity contribution in [1.82, 2.24) is 4.72 Å². The van der Waals surface area contributed by atoms with Crippen LogP contribution in [0.1, 0.15) is 39.0 Å². The van der Waals surface area contributed by atoms with Gasteiger partial charge >= 0.3 is 6.18 Å². The van der Waals surface area contributed by atoms with Gasteiger partial charge in [0.05, 0.1) is 6.07 Å². The second kappa shape index (κ2) is 6.09. The maximum atomic E-state index is 13.0. The molecule has 0 aromatic heterocycles. The monoisotopic (exact) mass is 298 g/mol. The zero-order valence-corrected chi connectivity index (χ0v) is 11.4. The predicted octanol–water partition coefficient (Wildman–Crippen LogP) is 2.33. The highest BCUT2D eigenvalue weighted by molar-refractivity contribution is 7.90. The number of sulfonamides is 1. The van der Waals surface area contributed by atoms with Crippen LogP contribution in [-0.2, 0) is 10.0 Å². The lowest BCUT2D eigenvalue weighted by molar-refractivity contribution is -0.162. The standard InChI is InChI=1S/C11H17F3N2O2S/c1-2-9(7-15)19(17,18)16-10(11(12,13)14)8-5-3-4-6-8/h8-10,16H,2-6H2,1H3/t9-,10-/m0/s1. The molecule has 0 aromatic rings. The Kier molecular flexibility index (Phi) is 5.21. The summed E-state index contributed by atoms with van der Waals surface area (Å²) < 4.78 is 64.1. The summed E-state index contributed by atoms with van der Waals surface area (Å²) in [6.45, 7) is 1.45. The Morgan fingerprint density at radius 1 is 1.37 bits per heavy atom. The van der Waals surface area contributed by atoms with Gasteiger partial charge in [-0.25, -0.2) is 13.1 Å². The van der Waals surface area contributed by atoms with Crippen LogP contribution in [0.2, 0.25) is 0 Å². The highest BCUT2D eigenvalue weighted by Crippen LogP contribution is 2.36. The van der Waals surface area contributed by atoms with E-state index in [9.17, 15) is 21.6 Å². The van der Waals surface area contributed by atoms with Crippen molar-refractivity contribution < 1.29 is 21.6 Å². The van der Waals surface area contributed by atoms with E-state index in [2.05, 4.69) is 0 Å². The summed E-state index contributed by atoms with van der Waals surface area (Å²) in [7, 11) is -4.27. The van der Waals surface area contributed by atoms with E-state index in [1.807, 2.05) is 0 Å². The summed E-state index contributed by atoms with van der Waals surface area (Å²) in [6, 6.07) is -0.560. The van der Waals surface area contributed by atoms with Crippen molar-refractivity contribution in [3.8, 4) is 6.07 Å². The van der Waals surface area contributed by atoms with Crippen molar-refractivity contribution in [2.75, 3.05) is 0 Å². The fraction of sp³-hybridized carbons (Fsp3) is 0.909. The molecule has 1 aliphatic rings. The zero-order valence-electron chi connectivity index (χ0n) is 10.6. The lowest BCUT2D eigenvalue weighted by atomic mass is 9.99. The first kappa shape index (κ1) is 16.2. The normalized spacial score (nSPS) is 21.0. The number of nitrogens with one attached hydrogen (secondary N) is 1. The van der Waals surface area contributed by atoms with Gasteiger partial charge in [0.25, 0.3) is 0 Å². The van der Waals surface area contributed by atoms with Crippen LogP contribution in [0.5, 0.6) is 0 Å². The molecule has 0 spiro atoms. The van der Waals surface area contributed by atoms with E-state index in [-0.39, 0.29) is 6.42 Å². The third-order valence-electron chi connectivity index (χ3n) is 3.40. The molecule has 8 heteroatoms. The Balaban J connectivity index is 2.92. The molecule has 0 unspecified atom stereocenters. The first-order valence-corrected chi connectivity index (χ1v) is 7.74. The molecule has 0 amide bonds. The topological polar surface area (TPSA) is 70.0 Å². The molecule has 0 saturated heterocycles. The average Bonchev–Trinajstić information content (AvgIpc) is 2.78. The van der Waals surface area contributed by atoms with Crippen molar-refractivity contribution >= 4 is 10.0 Å². The molecule has 2 atom stereocenters. The van der Waals surface area contributed by atoms with Crippen LogP contribution in [0, 0.1) is 17.2 Å². The molecule has 0 heterocycles. The number of alkyl halides is 3. The van der Waals surface area contributed by atoms with Gasteiger partial charge in [-0.3, -0.25) is 0 Å². The third kappa shape index (κ3) is 4.08. The lowest BCUT2D eigenvalue weighted by Crippen LogP contribution is -2.51. The van der Waals surface area contributed by atoms with Gasteiger partial charge in [0.2, 0.25) is 10.0 Å². The van der Waals surface area contributed by atoms with Crippen molar-refractivity contribution in [1.29, 1.82) is 5.26 Å². The van der Waals surface area contributed by atoms with Gasteiger partial charge in [-0.2, -0.15) is 18.4 Å². The number of nitrogens with zero attached hydrogens (tertiary/aromatic N) is 1. The van der Waals surface area contributed by atoms with E-state index in [4.69, 9.17) is 5.26 Å². The molecule has 19 heavy (non-hydrogen) atoms. The second-order valence-corrected chi connectivity index (χ2v) is 6.65. The fourth-order valence-corrected chi connectivity index (χ4v) is 3.78. The number of nitriles is 1. The SMILES string of the molecule is CC[C@@H](C#N)S(=O)(=O)N[C@@H](C1CCCC1)C(F)(F)F. The van der Waals surface area contributed by atoms with Gasteiger partial charge in [0, 0.05) is 0 Å². The van der Waals surface area contributed by atoms with Crippen molar-refractivity contribution in [2.24, 2.45) is 5.92 Å². The minimum atomic E-state index is -4.63. The molecule has 1 fully saturated rings. The van der Waals surface area contributed by atoms with Gasteiger partial charge in [-0.05, 0) is 25.2 Å². The van der Waals surface area contributed by atoms with Crippen LogP contribution in [-0.4, -0.2) is 25.9 Å². The first-order valence-electron chi connectivity index (χ1n) is 6.19. The molecule has 1 rings (SSSR count). The quantitative estimate of drug-likeness (QED) is 0.847. The third-order valence-corrected chi connectivity index (χ3v) is 5.17. The van der Waals surface area contributed by atoms with Gasteiger partial charge in [-0.1, -0.05) is 19.8 Å². The van der Waals surface area contributed by atoms with E-state index in [1.165, 1.54) is 13.0 Å². The Bertz CT molecular complexity index is 436. The molecule has 1 aliphatic carbocycles. The maximum Gasteiger partial charge on any atom is 0.405 e. The van der Waals surface area contributed by atoms with E-state index in [1.54, 1.807) is 4.72 Å². The fourth-order valence-electron chi connectivity index (χ4n) is 2.36. The summed E-state index contributed by atoms with van der Waals surface area (Å²) in [5.74, 6) is -0.731. The summed E-state index contributed by atoms with van der Waals surface area (Å²) >= 11 is 0. The maximum absolute atomic E-state index is 13.0. The predicted molar refractivity (Wildman–Crippen MR) is 63.5 cm³/mol. The van der Waals surface area contributed by atoms with E-state index < -0.39 is 33.4 Å². The molecule has 1 N–H and O–H groups in total. The molecular weight excluding hydrogens is 281 g/mol. The van der Waals surface area contributed by atoms with Crippen LogP contribution in [0.3, 0.4) is 0 Å². The Hall–Kier alpha value is -0.810. The van der Waals surface area contributed by atoms with Gasteiger partial charge in [0.1, 0.15) is 6.04 Å². The van der Waals surface area contributed by atoms with Gasteiger partial charge < -0.3 is 0 Å². The molecule has 0 bridgehead atoms. The summed E-state index contributed by atoms with van der Waals surface area (Å²) in [4.78, 5) is 0. The van der Waals surface area contributed by atoms with E-state index in [0.29, 0.717) is 25.7 Å². The van der Waals surface area contributed by atoms with Crippen LogP contribution in [0.25, 0.3) is 0 Å². The van der Waals surface area contributed by atoms with Crippen molar-refractivity contribution in [3.05, 3.63) is 0 Å². The number of hydrogen-bond donors (Lipinski definition) is 1. The molecule has 0 radical (unpaired) electrons. The highest BCUT2D eigenvalue weighted by atomic mass is 32.2. The Morgan fingerprint density at radius 3 is 2.26 bits per heavy atom. The van der Waals surface area contributed by atoms with E-state index in [0.717, 1.165) is 0 Å².